The summed E-state index contributed by atoms with van der Waals surface area (Å²) in [5.74, 6) is 0.884. The Morgan fingerprint density at radius 3 is 2.78 bits per heavy atom. The summed E-state index contributed by atoms with van der Waals surface area (Å²) in [5, 5.41) is 4.25. The van der Waals surface area contributed by atoms with Crippen molar-refractivity contribution in [2.24, 2.45) is 5.73 Å². The van der Waals surface area contributed by atoms with E-state index in [9.17, 15) is 0 Å². The van der Waals surface area contributed by atoms with Crippen LogP contribution in [0.4, 0.5) is 0 Å². The molecule has 0 spiro atoms. The van der Waals surface area contributed by atoms with E-state index in [-0.39, 0.29) is 6.04 Å². The maximum atomic E-state index is 6.30. The van der Waals surface area contributed by atoms with E-state index in [4.69, 9.17) is 10.5 Å². The van der Waals surface area contributed by atoms with Crippen LogP contribution in [-0.2, 0) is 6.54 Å². The van der Waals surface area contributed by atoms with Crippen LogP contribution in [0.3, 0.4) is 0 Å². The minimum absolute atomic E-state index is 0.156. The highest BCUT2D eigenvalue weighted by Crippen LogP contribution is 2.25. The number of aromatic nitrogens is 2. The first-order valence-corrected chi connectivity index (χ1v) is 6.09. The molecule has 2 N–H and O–H groups in total. The van der Waals surface area contributed by atoms with Gasteiger partial charge in [-0.1, -0.05) is 12.1 Å². The second-order valence-corrected chi connectivity index (χ2v) is 4.28. The highest BCUT2D eigenvalue weighted by Gasteiger charge is 2.14. The molecule has 1 aromatic carbocycles. The molecule has 0 aliphatic heterocycles. The number of ether oxygens (including phenoxy) is 1. The van der Waals surface area contributed by atoms with E-state index in [0.717, 1.165) is 29.1 Å². The summed E-state index contributed by atoms with van der Waals surface area (Å²) in [4.78, 5) is 0. The molecule has 0 aliphatic rings. The molecule has 0 saturated carbocycles. The van der Waals surface area contributed by atoms with Crippen LogP contribution in [0.5, 0.6) is 5.75 Å². The van der Waals surface area contributed by atoms with Crippen molar-refractivity contribution in [1.82, 2.24) is 9.78 Å². The normalized spacial score (nSPS) is 12.4. The smallest absolute Gasteiger partial charge is 0.121 e. The number of nitrogens with zero attached hydrogens (tertiary/aromatic N) is 2. The van der Waals surface area contributed by atoms with Gasteiger partial charge < -0.3 is 10.5 Å². The standard InChI is InChI=1S/C14H19N3O/c1-4-17-12(7-8-16-17)14(15)11-5-6-13(18-3)10(2)9-11/h5-9,14H,4,15H2,1-3H3. The van der Waals surface area contributed by atoms with Gasteiger partial charge in [0.25, 0.3) is 0 Å². The fraction of sp³-hybridized carbons (Fsp3) is 0.357. The molecule has 0 fully saturated rings. The summed E-state index contributed by atoms with van der Waals surface area (Å²) in [6.45, 7) is 4.90. The topological polar surface area (TPSA) is 53.1 Å². The monoisotopic (exact) mass is 245 g/mol. The van der Waals surface area contributed by atoms with Crippen molar-refractivity contribution in [2.75, 3.05) is 7.11 Å². The largest absolute Gasteiger partial charge is 0.496 e. The summed E-state index contributed by atoms with van der Waals surface area (Å²) >= 11 is 0. The van der Waals surface area contributed by atoms with E-state index in [1.54, 1.807) is 13.3 Å². The highest BCUT2D eigenvalue weighted by atomic mass is 16.5. The van der Waals surface area contributed by atoms with Crippen LogP contribution in [0, 0.1) is 6.92 Å². The Morgan fingerprint density at radius 1 is 1.39 bits per heavy atom. The van der Waals surface area contributed by atoms with E-state index in [0.29, 0.717) is 0 Å². The van der Waals surface area contributed by atoms with Gasteiger partial charge in [-0.2, -0.15) is 5.10 Å². The lowest BCUT2D eigenvalue weighted by molar-refractivity contribution is 0.411. The maximum Gasteiger partial charge on any atom is 0.121 e. The van der Waals surface area contributed by atoms with E-state index in [1.165, 1.54) is 0 Å². The fourth-order valence-electron chi connectivity index (χ4n) is 2.14. The number of hydrogen-bond acceptors (Lipinski definition) is 3. The van der Waals surface area contributed by atoms with Crippen LogP contribution in [0.1, 0.15) is 29.8 Å². The maximum absolute atomic E-state index is 6.30. The number of methoxy groups -OCH3 is 1. The Balaban J connectivity index is 2.34. The molecule has 0 saturated heterocycles. The second-order valence-electron chi connectivity index (χ2n) is 4.28. The summed E-state index contributed by atoms with van der Waals surface area (Å²) in [6, 6.07) is 7.84. The van der Waals surface area contributed by atoms with Gasteiger partial charge in [-0.05, 0) is 37.1 Å². The first-order chi connectivity index (χ1) is 8.67. The van der Waals surface area contributed by atoms with Gasteiger partial charge in [0.1, 0.15) is 5.75 Å². The minimum atomic E-state index is -0.156. The third-order valence-electron chi connectivity index (χ3n) is 3.15. The molecule has 1 heterocycles. The van der Waals surface area contributed by atoms with Gasteiger partial charge in [-0.3, -0.25) is 4.68 Å². The molecule has 4 nitrogen and oxygen atoms in total. The molecular weight excluding hydrogens is 226 g/mol. The Kier molecular flexibility index (Phi) is 3.67. The molecule has 2 rings (SSSR count). The van der Waals surface area contributed by atoms with Gasteiger partial charge in [0, 0.05) is 12.7 Å². The van der Waals surface area contributed by atoms with Crippen molar-refractivity contribution in [3.05, 3.63) is 47.3 Å². The number of benzene rings is 1. The zero-order valence-corrected chi connectivity index (χ0v) is 11.1. The molecular formula is C14H19N3O. The first-order valence-electron chi connectivity index (χ1n) is 6.09. The molecule has 18 heavy (non-hydrogen) atoms. The zero-order chi connectivity index (χ0) is 13.1. The molecule has 0 aliphatic carbocycles. The predicted octanol–water partition coefficient (Wildman–Crippen LogP) is 2.27. The first kappa shape index (κ1) is 12.6. The van der Waals surface area contributed by atoms with Crippen LogP contribution in [0.2, 0.25) is 0 Å². The van der Waals surface area contributed by atoms with Gasteiger partial charge in [0.05, 0.1) is 18.8 Å². The average molecular weight is 245 g/mol. The van der Waals surface area contributed by atoms with Crippen molar-refractivity contribution >= 4 is 0 Å². The number of hydrogen-bond donors (Lipinski definition) is 1. The van der Waals surface area contributed by atoms with Gasteiger partial charge in [0.2, 0.25) is 0 Å². The summed E-state index contributed by atoms with van der Waals surface area (Å²) in [5.41, 5.74) is 9.49. The molecule has 0 radical (unpaired) electrons. The van der Waals surface area contributed by atoms with Crippen molar-refractivity contribution < 1.29 is 4.74 Å². The van der Waals surface area contributed by atoms with Gasteiger partial charge in [-0.15, -0.1) is 0 Å². The lowest BCUT2D eigenvalue weighted by atomic mass is 10.0. The molecule has 0 amide bonds. The Bertz CT molecular complexity index is 534. The van der Waals surface area contributed by atoms with Crippen LogP contribution in [0.15, 0.2) is 30.5 Å². The molecule has 2 aromatic rings. The van der Waals surface area contributed by atoms with Gasteiger partial charge >= 0.3 is 0 Å². The van der Waals surface area contributed by atoms with Crippen molar-refractivity contribution in [2.45, 2.75) is 26.4 Å². The third kappa shape index (κ3) is 2.24. The number of rotatable bonds is 4. The predicted molar refractivity (Wildman–Crippen MR) is 71.7 cm³/mol. The van der Waals surface area contributed by atoms with E-state index in [2.05, 4.69) is 18.1 Å². The molecule has 0 bridgehead atoms. The SMILES string of the molecule is CCn1nccc1C(N)c1ccc(OC)c(C)c1. The van der Waals surface area contributed by atoms with Crippen LogP contribution in [-0.4, -0.2) is 16.9 Å². The highest BCUT2D eigenvalue weighted by molar-refractivity contribution is 5.39. The summed E-state index contributed by atoms with van der Waals surface area (Å²) in [7, 11) is 1.67. The summed E-state index contributed by atoms with van der Waals surface area (Å²) in [6.07, 6.45) is 1.79. The van der Waals surface area contributed by atoms with Crippen LogP contribution < -0.4 is 10.5 Å². The Labute approximate surface area is 107 Å². The third-order valence-corrected chi connectivity index (χ3v) is 3.15. The molecule has 1 aromatic heterocycles. The summed E-state index contributed by atoms with van der Waals surface area (Å²) < 4.78 is 7.18. The lowest BCUT2D eigenvalue weighted by Crippen LogP contribution is -2.17. The second kappa shape index (κ2) is 5.23. The quantitative estimate of drug-likeness (QED) is 0.899. The van der Waals surface area contributed by atoms with E-state index >= 15 is 0 Å². The van der Waals surface area contributed by atoms with Crippen molar-refractivity contribution in [1.29, 1.82) is 0 Å². The lowest BCUT2D eigenvalue weighted by Gasteiger charge is -2.15. The van der Waals surface area contributed by atoms with Crippen LogP contribution >= 0.6 is 0 Å². The minimum Gasteiger partial charge on any atom is -0.496 e. The average Bonchev–Trinajstić information content (AvgIpc) is 2.86. The van der Waals surface area contributed by atoms with E-state index < -0.39 is 0 Å². The van der Waals surface area contributed by atoms with Crippen LogP contribution in [0.25, 0.3) is 0 Å². The van der Waals surface area contributed by atoms with Crippen molar-refractivity contribution in [3.8, 4) is 5.75 Å². The Morgan fingerprint density at radius 2 is 2.17 bits per heavy atom. The molecule has 1 atom stereocenters. The zero-order valence-electron chi connectivity index (χ0n) is 11.1. The fourth-order valence-corrected chi connectivity index (χ4v) is 2.14. The van der Waals surface area contributed by atoms with Gasteiger partial charge in [0.15, 0.2) is 0 Å². The number of aryl methyl sites for hydroxylation is 2. The molecule has 4 heteroatoms. The number of nitrogens with two attached hydrogens (primary N) is 1. The molecule has 1 unspecified atom stereocenters. The van der Waals surface area contributed by atoms with Gasteiger partial charge in [-0.25, -0.2) is 0 Å². The van der Waals surface area contributed by atoms with E-state index in [1.807, 2.05) is 29.8 Å². The Hall–Kier alpha value is -1.81. The molecule has 96 valence electrons. The van der Waals surface area contributed by atoms with Crippen molar-refractivity contribution in [3.63, 3.8) is 0 Å².